The molecule has 1 heteroatoms. The van der Waals surface area contributed by atoms with Gasteiger partial charge in [0.15, 0.2) is 0 Å². The zero-order chi connectivity index (χ0) is 10.0. The van der Waals surface area contributed by atoms with Gasteiger partial charge in [0.2, 0.25) is 0 Å². The number of aliphatic imine (C=N–C) groups is 1. The number of aryl methyl sites for hydroxylation is 2. The zero-order valence-corrected chi connectivity index (χ0v) is 9.10. The topological polar surface area (TPSA) is 12.4 Å². The largest absolute Gasteiger partial charge is 0.261 e. The standard InChI is InChI=1S/C12H17N/c1-6-13-12-9(3)7-8(2)10(4)11(12)5/h6-7H,1-5H3. The smallest absolute Gasteiger partial charge is 0.0686 e. The second kappa shape index (κ2) is 3.73. The average Bonchev–Trinajstić information content (AvgIpc) is 2.09. The molecule has 70 valence electrons. The Morgan fingerprint density at radius 2 is 1.62 bits per heavy atom. The van der Waals surface area contributed by atoms with Crippen LogP contribution in [0.5, 0.6) is 0 Å². The average molecular weight is 175 g/mol. The number of hydrogen-bond acceptors (Lipinski definition) is 1. The van der Waals surface area contributed by atoms with Gasteiger partial charge in [-0.25, -0.2) is 0 Å². The SMILES string of the molecule is CC=Nc1c(C)cc(C)c(C)c1C. The summed E-state index contributed by atoms with van der Waals surface area (Å²) in [5.41, 5.74) is 6.40. The lowest BCUT2D eigenvalue weighted by molar-refractivity contribution is 1.22. The van der Waals surface area contributed by atoms with Crippen molar-refractivity contribution in [2.24, 2.45) is 4.99 Å². The fraction of sp³-hybridized carbons (Fsp3) is 0.417. The Morgan fingerprint density at radius 3 is 2.15 bits per heavy atom. The van der Waals surface area contributed by atoms with E-state index in [0.29, 0.717) is 0 Å². The summed E-state index contributed by atoms with van der Waals surface area (Å²) in [4.78, 5) is 4.38. The molecule has 1 nitrogen and oxygen atoms in total. The van der Waals surface area contributed by atoms with Crippen LogP contribution in [0.15, 0.2) is 11.1 Å². The normalized spacial score (nSPS) is 11.2. The highest BCUT2D eigenvalue weighted by Gasteiger charge is 2.05. The Morgan fingerprint density at radius 1 is 1.00 bits per heavy atom. The van der Waals surface area contributed by atoms with Crippen molar-refractivity contribution in [3.8, 4) is 0 Å². The van der Waals surface area contributed by atoms with Gasteiger partial charge < -0.3 is 0 Å². The van der Waals surface area contributed by atoms with Gasteiger partial charge >= 0.3 is 0 Å². The van der Waals surface area contributed by atoms with E-state index in [1.807, 2.05) is 13.1 Å². The van der Waals surface area contributed by atoms with Crippen molar-refractivity contribution in [2.75, 3.05) is 0 Å². The summed E-state index contributed by atoms with van der Waals surface area (Å²) >= 11 is 0. The van der Waals surface area contributed by atoms with Crippen LogP contribution in [0.1, 0.15) is 29.2 Å². The number of rotatable bonds is 1. The highest BCUT2D eigenvalue weighted by molar-refractivity contribution is 5.66. The van der Waals surface area contributed by atoms with Crippen molar-refractivity contribution in [1.82, 2.24) is 0 Å². The lowest BCUT2D eigenvalue weighted by atomic mass is 9.99. The van der Waals surface area contributed by atoms with Gasteiger partial charge in [-0.3, -0.25) is 4.99 Å². The van der Waals surface area contributed by atoms with Crippen molar-refractivity contribution in [3.63, 3.8) is 0 Å². The molecular weight excluding hydrogens is 158 g/mol. The van der Waals surface area contributed by atoms with E-state index in [4.69, 9.17) is 0 Å². The molecule has 0 atom stereocenters. The third-order valence-electron chi connectivity index (χ3n) is 2.57. The quantitative estimate of drug-likeness (QED) is 0.578. The summed E-state index contributed by atoms with van der Waals surface area (Å²) in [6, 6.07) is 2.20. The van der Waals surface area contributed by atoms with Crippen LogP contribution >= 0.6 is 0 Å². The van der Waals surface area contributed by atoms with Gasteiger partial charge in [-0.1, -0.05) is 6.07 Å². The minimum Gasteiger partial charge on any atom is -0.261 e. The fourth-order valence-corrected chi connectivity index (χ4v) is 1.60. The number of benzene rings is 1. The van der Waals surface area contributed by atoms with Gasteiger partial charge in [0.05, 0.1) is 5.69 Å². The van der Waals surface area contributed by atoms with E-state index in [1.54, 1.807) is 0 Å². The molecule has 0 aliphatic rings. The van der Waals surface area contributed by atoms with E-state index in [2.05, 4.69) is 38.8 Å². The predicted octanol–water partition coefficient (Wildman–Crippen LogP) is 3.64. The van der Waals surface area contributed by atoms with Crippen LogP contribution in [-0.2, 0) is 0 Å². The third kappa shape index (κ3) is 1.80. The first-order valence-corrected chi connectivity index (χ1v) is 4.64. The highest BCUT2D eigenvalue weighted by atomic mass is 14.7. The van der Waals surface area contributed by atoms with Crippen molar-refractivity contribution >= 4 is 11.9 Å². The first kappa shape index (κ1) is 9.97. The van der Waals surface area contributed by atoms with E-state index in [-0.39, 0.29) is 0 Å². The molecule has 0 aliphatic heterocycles. The number of hydrogen-bond donors (Lipinski definition) is 0. The number of nitrogens with zero attached hydrogens (tertiary/aromatic N) is 1. The summed E-state index contributed by atoms with van der Waals surface area (Å²) in [5.74, 6) is 0. The Bertz CT molecular complexity index is 349. The van der Waals surface area contributed by atoms with E-state index in [0.717, 1.165) is 5.69 Å². The van der Waals surface area contributed by atoms with Crippen LogP contribution in [-0.4, -0.2) is 6.21 Å². The van der Waals surface area contributed by atoms with E-state index >= 15 is 0 Å². The van der Waals surface area contributed by atoms with Crippen molar-refractivity contribution in [2.45, 2.75) is 34.6 Å². The third-order valence-corrected chi connectivity index (χ3v) is 2.57. The second-order valence-electron chi connectivity index (χ2n) is 3.50. The molecular formula is C12H17N. The molecule has 0 heterocycles. The molecule has 0 radical (unpaired) electrons. The molecule has 1 aromatic carbocycles. The molecule has 0 spiro atoms. The molecule has 0 unspecified atom stereocenters. The van der Waals surface area contributed by atoms with Gasteiger partial charge in [0.1, 0.15) is 0 Å². The minimum absolute atomic E-state index is 1.13. The molecule has 0 aliphatic carbocycles. The lowest BCUT2D eigenvalue weighted by Gasteiger charge is -2.10. The van der Waals surface area contributed by atoms with E-state index < -0.39 is 0 Å². The van der Waals surface area contributed by atoms with Gasteiger partial charge in [-0.05, 0) is 56.9 Å². The lowest BCUT2D eigenvalue weighted by Crippen LogP contribution is -1.90. The van der Waals surface area contributed by atoms with Crippen LogP contribution in [0.2, 0.25) is 0 Å². The van der Waals surface area contributed by atoms with Crippen molar-refractivity contribution < 1.29 is 0 Å². The van der Waals surface area contributed by atoms with Crippen LogP contribution in [0.3, 0.4) is 0 Å². The van der Waals surface area contributed by atoms with Gasteiger partial charge in [0, 0.05) is 6.21 Å². The molecule has 0 bridgehead atoms. The Kier molecular flexibility index (Phi) is 2.86. The highest BCUT2D eigenvalue weighted by Crippen LogP contribution is 2.28. The molecule has 0 fully saturated rings. The van der Waals surface area contributed by atoms with Gasteiger partial charge in [0.25, 0.3) is 0 Å². The minimum atomic E-state index is 1.13. The first-order chi connectivity index (χ1) is 6.07. The Labute approximate surface area is 80.5 Å². The molecule has 1 rings (SSSR count). The second-order valence-corrected chi connectivity index (χ2v) is 3.50. The molecule has 0 N–H and O–H groups in total. The van der Waals surface area contributed by atoms with Crippen LogP contribution in [0.25, 0.3) is 0 Å². The van der Waals surface area contributed by atoms with Crippen molar-refractivity contribution in [1.29, 1.82) is 0 Å². The summed E-state index contributed by atoms with van der Waals surface area (Å²) in [5, 5.41) is 0. The Balaban J connectivity index is 3.43. The van der Waals surface area contributed by atoms with Gasteiger partial charge in [-0.2, -0.15) is 0 Å². The van der Waals surface area contributed by atoms with Crippen molar-refractivity contribution in [3.05, 3.63) is 28.3 Å². The summed E-state index contributed by atoms with van der Waals surface area (Å²) in [7, 11) is 0. The summed E-state index contributed by atoms with van der Waals surface area (Å²) in [6.07, 6.45) is 1.85. The maximum atomic E-state index is 4.38. The Hall–Kier alpha value is -1.11. The summed E-state index contributed by atoms with van der Waals surface area (Å²) < 4.78 is 0. The maximum Gasteiger partial charge on any atom is 0.0686 e. The predicted molar refractivity (Wildman–Crippen MR) is 59.2 cm³/mol. The van der Waals surface area contributed by atoms with Gasteiger partial charge in [-0.15, -0.1) is 0 Å². The first-order valence-electron chi connectivity index (χ1n) is 4.64. The fourth-order valence-electron chi connectivity index (χ4n) is 1.60. The molecule has 13 heavy (non-hydrogen) atoms. The van der Waals surface area contributed by atoms with Crippen LogP contribution in [0, 0.1) is 27.7 Å². The maximum absolute atomic E-state index is 4.38. The zero-order valence-electron chi connectivity index (χ0n) is 9.10. The summed E-state index contributed by atoms with van der Waals surface area (Å²) in [6.45, 7) is 10.5. The van der Waals surface area contributed by atoms with E-state index in [1.165, 1.54) is 22.3 Å². The van der Waals surface area contributed by atoms with Crippen LogP contribution < -0.4 is 0 Å². The molecule has 0 amide bonds. The molecule has 0 saturated carbocycles. The monoisotopic (exact) mass is 175 g/mol. The molecule has 0 aromatic heterocycles. The van der Waals surface area contributed by atoms with E-state index in [9.17, 15) is 0 Å². The molecule has 0 saturated heterocycles. The molecule has 1 aromatic rings. The van der Waals surface area contributed by atoms with Crippen LogP contribution in [0.4, 0.5) is 5.69 Å².